The Kier molecular flexibility index (Phi) is 10.9. The van der Waals surface area contributed by atoms with Crippen molar-refractivity contribution in [2.75, 3.05) is 13.6 Å². The first-order chi connectivity index (χ1) is 11.6. The van der Waals surface area contributed by atoms with Crippen molar-refractivity contribution in [1.82, 2.24) is 4.90 Å². The van der Waals surface area contributed by atoms with Crippen molar-refractivity contribution in [3.05, 3.63) is 24.8 Å². The minimum absolute atomic E-state index is 0.0632. The fourth-order valence-electron chi connectivity index (χ4n) is 3.55. The number of aliphatic hydroxyl groups is 1. The minimum Gasteiger partial charge on any atom is -0.391 e. The number of ketones is 1. The Hall–Kier alpha value is -0.930. The van der Waals surface area contributed by atoms with Crippen LogP contribution in [0.15, 0.2) is 24.8 Å². The third-order valence-corrected chi connectivity index (χ3v) is 5.18. The van der Waals surface area contributed by atoms with Crippen LogP contribution in [0.25, 0.3) is 0 Å². The highest BCUT2D eigenvalue weighted by Gasteiger charge is 2.32. The third-order valence-electron chi connectivity index (χ3n) is 5.18. The van der Waals surface area contributed by atoms with Crippen LogP contribution in [0, 0.1) is 5.92 Å². The van der Waals surface area contributed by atoms with Crippen molar-refractivity contribution in [3.8, 4) is 0 Å². The summed E-state index contributed by atoms with van der Waals surface area (Å²) >= 11 is 0. The number of Topliss-reactive ketones (excluding diaryl/α,β-unsaturated/α-hetero) is 1. The van der Waals surface area contributed by atoms with E-state index in [0.717, 1.165) is 32.2 Å². The van der Waals surface area contributed by atoms with Gasteiger partial charge in [-0.1, -0.05) is 70.3 Å². The van der Waals surface area contributed by atoms with Crippen LogP contribution in [-0.4, -0.2) is 41.5 Å². The van der Waals surface area contributed by atoms with Gasteiger partial charge in [-0.3, -0.25) is 9.69 Å². The zero-order valence-corrected chi connectivity index (χ0v) is 15.8. The maximum absolute atomic E-state index is 12.8. The number of nitrogens with zero attached hydrogens (tertiary/aromatic N) is 1. The van der Waals surface area contributed by atoms with Gasteiger partial charge in [0, 0.05) is 6.42 Å². The molecule has 3 heteroatoms. The Morgan fingerprint density at radius 2 is 1.75 bits per heavy atom. The molecule has 0 radical (unpaired) electrons. The number of carbonyl (C=O) groups is 1. The van der Waals surface area contributed by atoms with Crippen molar-refractivity contribution < 1.29 is 9.90 Å². The van der Waals surface area contributed by atoms with Gasteiger partial charge in [-0.25, -0.2) is 0 Å². The molecule has 0 saturated carbocycles. The molecular weight excluding hydrogens is 298 g/mol. The number of hydrogen-bond acceptors (Lipinski definition) is 3. The fourth-order valence-corrected chi connectivity index (χ4v) is 3.55. The molecule has 0 aromatic carbocycles. The van der Waals surface area contributed by atoms with Crippen LogP contribution in [0.3, 0.4) is 0 Å². The molecule has 3 nitrogen and oxygen atoms in total. The Morgan fingerprint density at radius 3 is 2.38 bits per heavy atom. The van der Waals surface area contributed by atoms with Crippen LogP contribution in [0.4, 0.5) is 0 Å². The molecule has 3 atom stereocenters. The molecule has 1 heterocycles. The summed E-state index contributed by atoms with van der Waals surface area (Å²) < 4.78 is 0. The Bertz CT molecular complexity index is 391. The average Bonchev–Trinajstić information content (AvgIpc) is 2.57. The van der Waals surface area contributed by atoms with E-state index in [1.807, 2.05) is 26.1 Å². The second kappa shape index (κ2) is 12.4. The summed E-state index contributed by atoms with van der Waals surface area (Å²) in [4.78, 5) is 14.9. The molecule has 0 aliphatic carbocycles. The molecule has 1 fully saturated rings. The van der Waals surface area contributed by atoms with Gasteiger partial charge < -0.3 is 5.11 Å². The lowest BCUT2D eigenvalue weighted by Gasteiger charge is -2.33. The van der Waals surface area contributed by atoms with E-state index in [4.69, 9.17) is 0 Å². The summed E-state index contributed by atoms with van der Waals surface area (Å²) in [5.41, 5.74) is 0. The summed E-state index contributed by atoms with van der Waals surface area (Å²) in [7, 11) is 2.00. The summed E-state index contributed by atoms with van der Waals surface area (Å²) in [6, 6.07) is -0.363. The Morgan fingerprint density at radius 1 is 1.17 bits per heavy atom. The normalized spacial score (nSPS) is 25.5. The van der Waals surface area contributed by atoms with Crippen LogP contribution in [-0.2, 0) is 4.79 Å². The first-order valence-corrected chi connectivity index (χ1v) is 9.76. The SMILES string of the molecule is C=C/C=C\C[C@@H](C)[C@@H](O)[C@H]1C(=O)CCCCCCCCCCN1C. The van der Waals surface area contributed by atoms with Crippen molar-refractivity contribution in [2.45, 2.75) is 83.3 Å². The lowest BCUT2D eigenvalue weighted by atomic mass is 9.89. The fraction of sp³-hybridized carbons (Fsp3) is 0.762. The molecule has 0 spiro atoms. The van der Waals surface area contributed by atoms with E-state index >= 15 is 0 Å². The molecule has 0 amide bonds. The molecule has 138 valence electrons. The van der Waals surface area contributed by atoms with E-state index < -0.39 is 6.10 Å². The summed E-state index contributed by atoms with van der Waals surface area (Å²) in [6.45, 7) is 6.59. The second-order valence-electron chi connectivity index (χ2n) is 7.34. The van der Waals surface area contributed by atoms with E-state index in [1.165, 1.54) is 32.1 Å². The zero-order chi connectivity index (χ0) is 17.8. The second-order valence-corrected chi connectivity index (χ2v) is 7.34. The number of rotatable bonds is 5. The zero-order valence-electron chi connectivity index (χ0n) is 15.8. The number of allylic oxidation sites excluding steroid dienone is 3. The van der Waals surface area contributed by atoms with Crippen LogP contribution < -0.4 is 0 Å². The van der Waals surface area contributed by atoms with Crippen molar-refractivity contribution >= 4 is 5.78 Å². The van der Waals surface area contributed by atoms with Crippen LogP contribution in [0.1, 0.15) is 71.1 Å². The predicted molar refractivity (Wildman–Crippen MR) is 102 cm³/mol. The molecule has 0 bridgehead atoms. The number of aliphatic hydroxyl groups excluding tert-OH is 1. The highest BCUT2D eigenvalue weighted by Crippen LogP contribution is 2.21. The van der Waals surface area contributed by atoms with Crippen LogP contribution >= 0.6 is 0 Å². The first-order valence-electron chi connectivity index (χ1n) is 9.76. The predicted octanol–water partition coefficient (Wildman–Crippen LogP) is 4.51. The maximum Gasteiger partial charge on any atom is 0.152 e. The van der Waals surface area contributed by atoms with E-state index in [9.17, 15) is 9.90 Å². The van der Waals surface area contributed by atoms with Crippen molar-refractivity contribution in [2.24, 2.45) is 5.92 Å². The van der Waals surface area contributed by atoms with Gasteiger partial charge in [-0.05, 0) is 38.8 Å². The maximum atomic E-state index is 12.8. The molecular formula is C21H37NO2. The van der Waals surface area contributed by atoms with E-state index in [0.29, 0.717) is 6.42 Å². The van der Waals surface area contributed by atoms with Crippen LogP contribution in [0.5, 0.6) is 0 Å². The first kappa shape index (κ1) is 21.1. The molecule has 0 aromatic rings. The molecule has 24 heavy (non-hydrogen) atoms. The topological polar surface area (TPSA) is 40.5 Å². The largest absolute Gasteiger partial charge is 0.391 e. The van der Waals surface area contributed by atoms with E-state index in [2.05, 4.69) is 11.5 Å². The van der Waals surface area contributed by atoms with Gasteiger partial charge in [0.1, 0.15) is 0 Å². The van der Waals surface area contributed by atoms with E-state index in [-0.39, 0.29) is 17.7 Å². The highest BCUT2D eigenvalue weighted by molar-refractivity contribution is 5.84. The van der Waals surface area contributed by atoms with Crippen molar-refractivity contribution in [1.29, 1.82) is 0 Å². The number of carbonyl (C=O) groups excluding carboxylic acids is 1. The standard InChI is InChI=1S/C21H37NO2/c1-4-5-12-15-18(2)21(24)20-19(23)16-13-10-8-6-7-9-11-14-17-22(20)3/h4-5,12,18,20-21,24H,1,6-11,13-17H2,2-3H3/b12-5-/t18-,20-,21-/m1/s1. The Labute approximate surface area is 148 Å². The average molecular weight is 336 g/mol. The monoisotopic (exact) mass is 335 g/mol. The van der Waals surface area contributed by atoms with Crippen LogP contribution in [0.2, 0.25) is 0 Å². The number of likely N-dealkylation sites (N-methyl/N-ethyl adjacent to an activating group) is 1. The third kappa shape index (κ3) is 7.76. The molecule has 0 aromatic heterocycles. The van der Waals surface area contributed by atoms with E-state index in [1.54, 1.807) is 6.08 Å². The molecule has 1 aliphatic rings. The lowest BCUT2D eigenvalue weighted by Crippen LogP contribution is -2.49. The summed E-state index contributed by atoms with van der Waals surface area (Å²) in [6.07, 6.45) is 16.0. The Balaban J connectivity index is 2.74. The number of hydrogen-bond donors (Lipinski definition) is 1. The van der Waals surface area contributed by atoms with Gasteiger partial charge in [0.2, 0.25) is 0 Å². The van der Waals surface area contributed by atoms with Gasteiger partial charge >= 0.3 is 0 Å². The molecule has 1 aliphatic heterocycles. The summed E-state index contributed by atoms with van der Waals surface area (Å²) in [5.74, 6) is 0.275. The van der Waals surface area contributed by atoms with Gasteiger partial charge in [0.25, 0.3) is 0 Å². The molecule has 1 rings (SSSR count). The summed E-state index contributed by atoms with van der Waals surface area (Å²) in [5, 5.41) is 10.8. The van der Waals surface area contributed by atoms with Gasteiger partial charge in [0.15, 0.2) is 5.78 Å². The highest BCUT2D eigenvalue weighted by atomic mass is 16.3. The lowest BCUT2D eigenvalue weighted by molar-refractivity contribution is -0.129. The quantitative estimate of drug-likeness (QED) is 0.752. The smallest absolute Gasteiger partial charge is 0.152 e. The molecule has 1 N–H and O–H groups in total. The van der Waals surface area contributed by atoms with Gasteiger partial charge in [-0.2, -0.15) is 0 Å². The minimum atomic E-state index is -0.609. The molecule has 1 saturated heterocycles. The van der Waals surface area contributed by atoms with Gasteiger partial charge in [0.05, 0.1) is 12.1 Å². The molecule has 0 unspecified atom stereocenters. The van der Waals surface area contributed by atoms with Crippen molar-refractivity contribution in [3.63, 3.8) is 0 Å². The van der Waals surface area contributed by atoms with Gasteiger partial charge in [-0.15, -0.1) is 0 Å².